The second-order valence-electron chi connectivity index (χ2n) is 2.47. The Bertz CT molecular complexity index is 378. The van der Waals surface area contributed by atoms with Crippen molar-refractivity contribution in [3.63, 3.8) is 0 Å². The highest BCUT2D eigenvalue weighted by molar-refractivity contribution is 6.67. The van der Waals surface area contributed by atoms with Gasteiger partial charge in [-0.25, -0.2) is 13.8 Å². The zero-order valence-corrected chi connectivity index (χ0v) is 7.70. The van der Waals surface area contributed by atoms with Crippen LogP contribution in [0.5, 0.6) is 0 Å². The van der Waals surface area contributed by atoms with Gasteiger partial charge < -0.3 is 0 Å². The molecule has 0 aliphatic rings. The first-order valence-corrected chi connectivity index (χ1v) is 3.95. The molecule has 0 bridgehead atoms. The van der Waals surface area contributed by atoms with E-state index in [0.29, 0.717) is 0 Å². The Kier molecular flexibility index (Phi) is 3.28. The molecule has 0 amide bonds. The summed E-state index contributed by atoms with van der Waals surface area (Å²) in [6, 6.07) is 2.57. The number of rotatable bonds is 1. The monoisotopic (exact) mass is 243 g/mol. The predicted octanol–water partition coefficient (Wildman–Crippen LogP) is 3.80. The lowest BCUT2D eigenvalue weighted by atomic mass is 10.3. The van der Waals surface area contributed by atoms with E-state index in [1.54, 1.807) is 0 Å². The molecule has 0 spiro atoms. The van der Waals surface area contributed by atoms with Crippen LogP contribution in [-0.2, 0) is 0 Å². The summed E-state index contributed by atoms with van der Waals surface area (Å²) in [6.07, 6.45) is -4.92. The minimum absolute atomic E-state index is 0.780. The van der Waals surface area contributed by atoms with Crippen LogP contribution in [0.4, 0.5) is 27.6 Å². The lowest BCUT2D eigenvalue weighted by Gasteiger charge is -2.04. The van der Waals surface area contributed by atoms with E-state index in [1.165, 1.54) is 0 Å². The molecule has 0 heterocycles. The highest BCUT2D eigenvalue weighted by atomic mass is 35.5. The third-order valence-corrected chi connectivity index (χ3v) is 1.68. The Morgan fingerprint density at radius 2 is 1.60 bits per heavy atom. The van der Waals surface area contributed by atoms with Gasteiger partial charge in [-0.3, -0.25) is 0 Å². The lowest BCUT2D eigenvalue weighted by Crippen LogP contribution is -2.16. The molecule has 1 nitrogen and oxygen atoms in total. The number of halogens is 6. The van der Waals surface area contributed by atoms with Gasteiger partial charge in [0.05, 0.1) is 0 Å². The fourth-order valence-corrected chi connectivity index (χ4v) is 0.842. The zero-order chi connectivity index (χ0) is 11.6. The normalized spacial score (nSPS) is 13.1. The van der Waals surface area contributed by atoms with Crippen molar-refractivity contribution < 1.29 is 22.0 Å². The van der Waals surface area contributed by atoms with E-state index in [2.05, 4.69) is 4.99 Å². The maximum Gasteiger partial charge on any atom is 0.444 e. The van der Waals surface area contributed by atoms with Crippen LogP contribution in [0.1, 0.15) is 0 Å². The molecule has 0 fully saturated rings. The number of hydrogen-bond donors (Lipinski definition) is 0. The van der Waals surface area contributed by atoms with Gasteiger partial charge in [-0.05, 0) is 12.1 Å². The molecule has 0 aromatic heterocycles. The zero-order valence-electron chi connectivity index (χ0n) is 6.95. The Labute approximate surface area is 86.2 Å². The van der Waals surface area contributed by atoms with Gasteiger partial charge in [0.25, 0.3) is 0 Å². The third kappa shape index (κ3) is 2.89. The largest absolute Gasteiger partial charge is 0.444 e. The molecule has 0 aliphatic carbocycles. The Hall–Kier alpha value is -1.17. The van der Waals surface area contributed by atoms with Gasteiger partial charge in [0.15, 0.2) is 11.6 Å². The van der Waals surface area contributed by atoms with Crippen molar-refractivity contribution in [2.75, 3.05) is 0 Å². The van der Waals surface area contributed by atoms with E-state index in [1.807, 2.05) is 0 Å². The van der Waals surface area contributed by atoms with Crippen LogP contribution in [0.2, 0.25) is 0 Å². The van der Waals surface area contributed by atoms with Gasteiger partial charge >= 0.3 is 6.18 Å². The Balaban J connectivity index is 3.19. The van der Waals surface area contributed by atoms with Gasteiger partial charge in [-0.2, -0.15) is 13.2 Å². The predicted molar refractivity (Wildman–Crippen MR) is 45.4 cm³/mol. The van der Waals surface area contributed by atoms with Crippen LogP contribution in [0.25, 0.3) is 0 Å². The molecular weight excluding hydrogens is 241 g/mol. The van der Waals surface area contributed by atoms with Crippen LogP contribution in [-0.4, -0.2) is 11.3 Å². The van der Waals surface area contributed by atoms with Crippen molar-refractivity contribution in [1.82, 2.24) is 0 Å². The maximum absolute atomic E-state index is 12.8. The highest BCUT2D eigenvalue weighted by Crippen LogP contribution is 2.27. The average molecular weight is 244 g/mol. The molecule has 1 aromatic rings. The topological polar surface area (TPSA) is 12.4 Å². The molecular formula is C8H3ClF5N. The van der Waals surface area contributed by atoms with Crippen LogP contribution in [0.15, 0.2) is 23.2 Å². The molecule has 1 aromatic carbocycles. The third-order valence-electron chi connectivity index (χ3n) is 1.38. The standard InChI is InChI=1S/C8H3ClF5N/c9-7(8(12,13)14)15-6-4(10)2-1-3-5(6)11/h1-3H/b15-7+. The SMILES string of the molecule is Fc1cccc(F)c1/N=C(/Cl)C(F)(F)F. The fourth-order valence-electron chi connectivity index (χ4n) is 0.757. The van der Waals surface area contributed by atoms with E-state index in [0.717, 1.165) is 18.2 Å². The smallest absolute Gasteiger partial charge is 0.226 e. The van der Waals surface area contributed by atoms with Crippen molar-refractivity contribution >= 4 is 22.5 Å². The van der Waals surface area contributed by atoms with Crippen LogP contribution in [0, 0.1) is 11.6 Å². The van der Waals surface area contributed by atoms with E-state index < -0.39 is 28.7 Å². The maximum atomic E-state index is 12.8. The van der Waals surface area contributed by atoms with Crippen LogP contribution in [0.3, 0.4) is 0 Å². The molecule has 1 rings (SSSR count). The number of benzene rings is 1. The van der Waals surface area contributed by atoms with Gasteiger partial charge in [-0.15, -0.1) is 0 Å². The first-order chi connectivity index (χ1) is 6.82. The first-order valence-electron chi connectivity index (χ1n) is 3.58. The molecule has 0 radical (unpaired) electrons. The minimum Gasteiger partial charge on any atom is -0.226 e. The van der Waals surface area contributed by atoms with E-state index in [-0.39, 0.29) is 0 Å². The molecule has 7 heteroatoms. The molecule has 0 atom stereocenters. The Morgan fingerprint density at radius 3 is 2.00 bits per heavy atom. The second kappa shape index (κ2) is 4.14. The number of nitrogens with zero attached hydrogens (tertiary/aromatic N) is 1. The van der Waals surface area contributed by atoms with Gasteiger partial charge in [-0.1, -0.05) is 17.7 Å². The summed E-state index contributed by atoms with van der Waals surface area (Å²) < 4.78 is 61.3. The molecule has 0 saturated heterocycles. The van der Waals surface area contributed by atoms with Crippen LogP contribution >= 0.6 is 11.6 Å². The summed E-state index contributed by atoms with van der Waals surface area (Å²) >= 11 is 4.73. The van der Waals surface area contributed by atoms with E-state index in [9.17, 15) is 22.0 Å². The number of para-hydroxylation sites is 1. The average Bonchev–Trinajstić information content (AvgIpc) is 2.09. The fraction of sp³-hybridized carbons (Fsp3) is 0.125. The van der Waals surface area contributed by atoms with Gasteiger partial charge in [0, 0.05) is 0 Å². The molecule has 82 valence electrons. The van der Waals surface area contributed by atoms with Crippen molar-refractivity contribution in [2.45, 2.75) is 6.18 Å². The van der Waals surface area contributed by atoms with Crippen molar-refractivity contribution in [1.29, 1.82) is 0 Å². The first kappa shape index (κ1) is 11.9. The van der Waals surface area contributed by atoms with Gasteiger partial charge in [0.1, 0.15) is 5.69 Å². The summed E-state index contributed by atoms with van der Waals surface area (Å²) in [5.41, 5.74) is -1.06. The highest BCUT2D eigenvalue weighted by Gasteiger charge is 2.35. The lowest BCUT2D eigenvalue weighted by molar-refractivity contribution is -0.0558. The van der Waals surface area contributed by atoms with Crippen molar-refractivity contribution in [2.24, 2.45) is 4.99 Å². The summed E-state index contributed by atoms with van der Waals surface area (Å²) in [7, 11) is 0. The van der Waals surface area contributed by atoms with Crippen molar-refractivity contribution in [3.8, 4) is 0 Å². The number of alkyl halides is 3. The summed E-state index contributed by atoms with van der Waals surface area (Å²) in [5, 5.41) is -1.83. The van der Waals surface area contributed by atoms with Gasteiger partial charge in [0.2, 0.25) is 5.17 Å². The molecule has 0 unspecified atom stereocenters. The van der Waals surface area contributed by atoms with E-state index in [4.69, 9.17) is 11.6 Å². The van der Waals surface area contributed by atoms with Crippen molar-refractivity contribution in [3.05, 3.63) is 29.8 Å². The Morgan fingerprint density at radius 1 is 1.13 bits per heavy atom. The molecule has 15 heavy (non-hydrogen) atoms. The van der Waals surface area contributed by atoms with Crippen LogP contribution < -0.4 is 0 Å². The molecule has 0 aliphatic heterocycles. The minimum atomic E-state index is -4.92. The quantitative estimate of drug-likeness (QED) is 0.526. The summed E-state index contributed by atoms with van der Waals surface area (Å²) in [4.78, 5) is 2.64. The number of hydrogen-bond acceptors (Lipinski definition) is 1. The summed E-state index contributed by atoms with van der Waals surface area (Å²) in [5.74, 6) is -2.42. The molecule has 0 saturated carbocycles. The summed E-state index contributed by atoms with van der Waals surface area (Å²) in [6.45, 7) is 0. The second-order valence-corrected chi connectivity index (χ2v) is 2.83. The number of aliphatic imine (C=N–C) groups is 1. The van der Waals surface area contributed by atoms with E-state index >= 15 is 0 Å². The molecule has 0 N–H and O–H groups in total.